The summed E-state index contributed by atoms with van der Waals surface area (Å²) in [6, 6.07) is 4.03. The molecule has 0 unspecified atom stereocenters. The lowest BCUT2D eigenvalue weighted by Crippen LogP contribution is -2.22. The quantitative estimate of drug-likeness (QED) is 0.651. The number of ether oxygens (including phenoxy) is 2. The third-order valence-electron chi connectivity index (χ3n) is 3.92. The zero-order valence-electron chi connectivity index (χ0n) is 14.5. The Hall–Kier alpha value is -3.16. The van der Waals surface area contributed by atoms with Crippen molar-refractivity contribution in [2.75, 3.05) is 13.7 Å². The van der Waals surface area contributed by atoms with E-state index in [2.05, 4.69) is 4.98 Å². The SMILES string of the molecule is CCOC(=O)c1c(C)oc2ncn(Cc3cc(F)ccc3OC)c(=O)c12. The van der Waals surface area contributed by atoms with Gasteiger partial charge in [-0.1, -0.05) is 0 Å². The van der Waals surface area contributed by atoms with Crippen LogP contribution in [0.4, 0.5) is 4.39 Å². The lowest BCUT2D eigenvalue weighted by atomic mass is 10.1. The van der Waals surface area contributed by atoms with Crippen molar-refractivity contribution in [1.82, 2.24) is 9.55 Å². The zero-order chi connectivity index (χ0) is 18.8. The third-order valence-corrected chi connectivity index (χ3v) is 3.92. The molecule has 136 valence electrons. The molecule has 26 heavy (non-hydrogen) atoms. The maximum atomic E-state index is 13.6. The highest BCUT2D eigenvalue weighted by molar-refractivity contribution is 6.03. The Morgan fingerprint density at radius 2 is 2.15 bits per heavy atom. The van der Waals surface area contributed by atoms with Crippen LogP contribution >= 0.6 is 0 Å². The molecule has 0 fully saturated rings. The molecule has 0 atom stereocenters. The van der Waals surface area contributed by atoms with Crippen LogP contribution in [-0.4, -0.2) is 29.2 Å². The van der Waals surface area contributed by atoms with E-state index in [4.69, 9.17) is 13.9 Å². The Bertz CT molecular complexity index is 1040. The van der Waals surface area contributed by atoms with Gasteiger partial charge in [-0.3, -0.25) is 9.36 Å². The van der Waals surface area contributed by atoms with Gasteiger partial charge in [0, 0.05) is 5.56 Å². The molecule has 8 heteroatoms. The Labute approximate surface area is 148 Å². The number of hydrogen-bond acceptors (Lipinski definition) is 6. The highest BCUT2D eigenvalue weighted by atomic mass is 19.1. The smallest absolute Gasteiger partial charge is 0.342 e. The zero-order valence-corrected chi connectivity index (χ0v) is 14.5. The minimum absolute atomic E-state index is 0.0230. The van der Waals surface area contributed by atoms with Gasteiger partial charge in [0.25, 0.3) is 5.56 Å². The number of esters is 1. The van der Waals surface area contributed by atoms with Crippen molar-refractivity contribution < 1.29 is 23.1 Å². The molecule has 3 rings (SSSR count). The fourth-order valence-corrected chi connectivity index (χ4v) is 2.75. The summed E-state index contributed by atoms with van der Waals surface area (Å²) in [6.45, 7) is 3.42. The van der Waals surface area contributed by atoms with Crippen LogP contribution in [0.1, 0.15) is 28.6 Å². The van der Waals surface area contributed by atoms with E-state index < -0.39 is 17.3 Å². The number of furan rings is 1. The third kappa shape index (κ3) is 3.05. The fraction of sp³-hybridized carbons (Fsp3) is 0.278. The first-order chi connectivity index (χ1) is 12.5. The number of nitrogens with zero attached hydrogens (tertiary/aromatic N) is 2. The Morgan fingerprint density at radius 3 is 2.85 bits per heavy atom. The van der Waals surface area contributed by atoms with Crippen molar-refractivity contribution in [2.24, 2.45) is 0 Å². The highest BCUT2D eigenvalue weighted by Crippen LogP contribution is 2.23. The van der Waals surface area contributed by atoms with Gasteiger partial charge in [0.1, 0.15) is 34.6 Å². The van der Waals surface area contributed by atoms with Crippen LogP contribution in [0.25, 0.3) is 11.1 Å². The summed E-state index contributed by atoms with van der Waals surface area (Å²) < 4.78 is 30.4. The van der Waals surface area contributed by atoms with Gasteiger partial charge in [-0.15, -0.1) is 0 Å². The maximum absolute atomic E-state index is 13.6. The second kappa shape index (κ2) is 6.99. The van der Waals surface area contributed by atoms with Crippen LogP contribution in [0, 0.1) is 12.7 Å². The van der Waals surface area contributed by atoms with Crippen molar-refractivity contribution in [3.63, 3.8) is 0 Å². The standard InChI is InChI=1S/C18H17FN2O5/c1-4-25-18(23)14-10(2)26-16-15(14)17(22)21(9-20-16)8-11-7-12(19)5-6-13(11)24-3/h5-7,9H,4,8H2,1-3H3. The van der Waals surface area contributed by atoms with E-state index in [1.54, 1.807) is 13.8 Å². The van der Waals surface area contributed by atoms with Crippen molar-refractivity contribution >= 4 is 17.1 Å². The van der Waals surface area contributed by atoms with Crippen molar-refractivity contribution in [3.05, 3.63) is 57.6 Å². The average molecular weight is 360 g/mol. The molecule has 2 heterocycles. The summed E-state index contributed by atoms with van der Waals surface area (Å²) in [5, 5.41) is 0.0406. The van der Waals surface area contributed by atoms with Crippen LogP contribution in [0.2, 0.25) is 0 Å². The monoisotopic (exact) mass is 360 g/mol. The number of aromatic nitrogens is 2. The molecule has 0 spiro atoms. The van der Waals surface area contributed by atoms with Gasteiger partial charge in [0.2, 0.25) is 5.71 Å². The summed E-state index contributed by atoms with van der Waals surface area (Å²) in [5.41, 5.74) is 0.0905. The summed E-state index contributed by atoms with van der Waals surface area (Å²) >= 11 is 0. The highest BCUT2D eigenvalue weighted by Gasteiger charge is 2.24. The van der Waals surface area contributed by atoms with E-state index in [0.717, 1.165) is 0 Å². The van der Waals surface area contributed by atoms with Crippen molar-refractivity contribution in [2.45, 2.75) is 20.4 Å². The van der Waals surface area contributed by atoms with Gasteiger partial charge in [-0.25, -0.2) is 14.2 Å². The summed E-state index contributed by atoms with van der Waals surface area (Å²) in [6.07, 6.45) is 1.28. The molecule has 7 nitrogen and oxygen atoms in total. The predicted molar refractivity (Wildman–Crippen MR) is 91.0 cm³/mol. The molecule has 0 radical (unpaired) electrons. The van der Waals surface area contributed by atoms with Crippen molar-refractivity contribution in [3.8, 4) is 5.75 Å². The van der Waals surface area contributed by atoms with Gasteiger partial charge in [-0.05, 0) is 32.0 Å². The van der Waals surface area contributed by atoms with E-state index in [1.807, 2.05) is 0 Å². The number of rotatable bonds is 5. The van der Waals surface area contributed by atoms with Crippen LogP contribution in [-0.2, 0) is 11.3 Å². The Kier molecular flexibility index (Phi) is 4.75. The molecule has 0 aliphatic heterocycles. The fourth-order valence-electron chi connectivity index (χ4n) is 2.75. The number of methoxy groups -OCH3 is 1. The first kappa shape index (κ1) is 17.7. The summed E-state index contributed by atoms with van der Waals surface area (Å²) in [7, 11) is 1.46. The number of benzene rings is 1. The number of halogens is 1. The first-order valence-corrected chi connectivity index (χ1v) is 7.94. The van der Waals surface area contributed by atoms with E-state index >= 15 is 0 Å². The minimum Gasteiger partial charge on any atom is -0.496 e. The first-order valence-electron chi connectivity index (χ1n) is 7.94. The molecule has 0 bridgehead atoms. The van der Waals surface area contributed by atoms with Crippen LogP contribution in [0.5, 0.6) is 5.75 Å². The van der Waals surface area contributed by atoms with E-state index in [1.165, 1.54) is 36.2 Å². The molecule has 0 aliphatic rings. The molecule has 3 aromatic rings. The van der Waals surface area contributed by atoms with Gasteiger partial charge in [0.15, 0.2) is 0 Å². The lowest BCUT2D eigenvalue weighted by Gasteiger charge is -2.10. The largest absolute Gasteiger partial charge is 0.496 e. The number of carbonyl (C=O) groups excluding carboxylic acids is 1. The topological polar surface area (TPSA) is 83.6 Å². The van der Waals surface area contributed by atoms with Gasteiger partial charge in [-0.2, -0.15) is 0 Å². The van der Waals surface area contributed by atoms with E-state index in [9.17, 15) is 14.0 Å². The minimum atomic E-state index is -0.649. The number of carbonyl (C=O) groups is 1. The molecule has 0 aliphatic carbocycles. The lowest BCUT2D eigenvalue weighted by molar-refractivity contribution is 0.0526. The second-order valence-corrected chi connectivity index (χ2v) is 5.57. The van der Waals surface area contributed by atoms with Gasteiger partial charge >= 0.3 is 5.97 Å². The maximum Gasteiger partial charge on any atom is 0.342 e. The van der Waals surface area contributed by atoms with Crippen LogP contribution < -0.4 is 10.3 Å². The molecule has 0 N–H and O–H groups in total. The van der Waals surface area contributed by atoms with E-state index in [-0.39, 0.29) is 35.6 Å². The van der Waals surface area contributed by atoms with E-state index in [0.29, 0.717) is 11.3 Å². The second-order valence-electron chi connectivity index (χ2n) is 5.57. The Morgan fingerprint density at radius 1 is 1.38 bits per heavy atom. The summed E-state index contributed by atoms with van der Waals surface area (Å²) in [4.78, 5) is 29.2. The molecule has 0 saturated carbocycles. The molecule has 0 saturated heterocycles. The molecule has 1 aromatic carbocycles. The number of hydrogen-bond donors (Lipinski definition) is 0. The van der Waals surface area contributed by atoms with Crippen LogP contribution in [0.3, 0.4) is 0 Å². The van der Waals surface area contributed by atoms with Gasteiger partial charge in [0.05, 0.1) is 20.3 Å². The number of aryl methyl sites for hydroxylation is 1. The normalized spacial score (nSPS) is 10.9. The molecule has 0 amide bonds. The number of fused-ring (bicyclic) bond motifs is 1. The average Bonchev–Trinajstić information content (AvgIpc) is 2.95. The summed E-state index contributed by atoms with van der Waals surface area (Å²) in [5.74, 6) is -0.408. The van der Waals surface area contributed by atoms with Crippen molar-refractivity contribution in [1.29, 1.82) is 0 Å². The predicted octanol–water partition coefficient (Wildman–Crippen LogP) is 2.67. The molecular formula is C18H17FN2O5. The van der Waals surface area contributed by atoms with Gasteiger partial charge < -0.3 is 13.9 Å². The molecular weight excluding hydrogens is 343 g/mol. The van der Waals surface area contributed by atoms with Crippen LogP contribution in [0.15, 0.2) is 33.7 Å². The Balaban J connectivity index is 2.13. The molecule has 2 aromatic heterocycles.